The Kier molecular flexibility index (Phi) is 7.13. The number of nitrogens with zero attached hydrogens (tertiary/aromatic N) is 3. The van der Waals surface area contributed by atoms with Crippen LogP contribution in [0.5, 0.6) is 0 Å². The lowest BCUT2D eigenvalue weighted by atomic mass is 9.79. The number of amides is 3. The number of carbonyl (C=O) groups excluding carboxylic acids is 2. The second kappa shape index (κ2) is 10.3. The van der Waals surface area contributed by atoms with Crippen molar-refractivity contribution in [1.82, 2.24) is 9.80 Å². The van der Waals surface area contributed by atoms with Crippen molar-refractivity contribution in [3.05, 3.63) is 64.4 Å². The molecule has 2 aliphatic carbocycles. The smallest absolute Gasteiger partial charge is 0.322 e. The van der Waals surface area contributed by atoms with Crippen LogP contribution in [0.4, 0.5) is 14.9 Å². The van der Waals surface area contributed by atoms with Crippen molar-refractivity contribution in [2.75, 3.05) is 25.0 Å². The van der Waals surface area contributed by atoms with Crippen LogP contribution in [0, 0.1) is 29.0 Å². The van der Waals surface area contributed by atoms with Gasteiger partial charge in [0.25, 0.3) is 0 Å². The Labute approximate surface area is 222 Å². The summed E-state index contributed by atoms with van der Waals surface area (Å²) in [5.41, 5.74) is 2.51. The molecule has 3 atom stereocenters. The molecule has 3 amide bonds. The standard InChI is InChI=1S/C29H32ClFN4O2/c1-19(36)34-11-8-20(9-12-34)18-35(28(37)33-24-5-6-27(31)26(30)15-24)25-7-10-29(16-23(29)14-25)22-4-2-3-21(13-22)17-32/h2-6,13,15,20,23,25H,7-12,14,16,18H2,1H3,(H,33,37)/t23?,25-,29-/m1/s1. The van der Waals surface area contributed by atoms with Gasteiger partial charge in [-0.3, -0.25) is 4.79 Å². The van der Waals surface area contributed by atoms with Crippen molar-refractivity contribution < 1.29 is 14.0 Å². The van der Waals surface area contributed by atoms with Crippen LogP contribution in [0.3, 0.4) is 0 Å². The molecule has 194 valence electrons. The molecule has 1 unspecified atom stereocenters. The van der Waals surface area contributed by atoms with Crippen molar-refractivity contribution in [2.24, 2.45) is 11.8 Å². The molecule has 5 rings (SSSR count). The molecule has 6 nitrogen and oxygen atoms in total. The summed E-state index contributed by atoms with van der Waals surface area (Å²) in [6.07, 6.45) is 5.60. The monoisotopic (exact) mass is 522 g/mol. The van der Waals surface area contributed by atoms with Crippen LogP contribution in [0.15, 0.2) is 42.5 Å². The molecule has 37 heavy (non-hydrogen) atoms. The Morgan fingerprint density at radius 2 is 2.00 bits per heavy atom. The summed E-state index contributed by atoms with van der Waals surface area (Å²) in [7, 11) is 0. The summed E-state index contributed by atoms with van der Waals surface area (Å²) in [5, 5.41) is 12.3. The highest BCUT2D eigenvalue weighted by molar-refractivity contribution is 6.31. The molecule has 0 bridgehead atoms. The first-order valence-electron chi connectivity index (χ1n) is 13.1. The molecule has 1 N–H and O–H groups in total. The van der Waals surface area contributed by atoms with Crippen LogP contribution in [0.25, 0.3) is 0 Å². The first-order valence-corrected chi connectivity index (χ1v) is 13.5. The third-order valence-electron chi connectivity index (χ3n) is 8.67. The Morgan fingerprint density at radius 3 is 2.68 bits per heavy atom. The van der Waals surface area contributed by atoms with E-state index in [1.807, 2.05) is 28.0 Å². The number of nitriles is 1. The average molecular weight is 523 g/mol. The maximum absolute atomic E-state index is 13.7. The molecule has 2 saturated carbocycles. The molecule has 1 aliphatic heterocycles. The van der Waals surface area contributed by atoms with Gasteiger partial charge in [-0.15, -0.1) is 0 Å². The minimum Gasteiger partial charge on any atom is -0.343 e. The number of carbonyl (C=O) groups is 2. The van der Waals surface area contributed by atoms with E-state index in [4.69, 9.17) is 11.6 Å². The number of likely N-dealkylation sites (tertiary alicyclic amines) is 1. The van der Waals surface area contributed by atoms with Crippen molar-refractivity contribution in [1.29, 1.82) is 5.26 Å². The van der Waals surface area contributed by atoms with E-state index < -0.39 is 5.82 Å². The van der Waals surface area contributed by atoms with Crippen LogP contribution in [0.2, 0.25) is 5.02 Å². The number of anilines is 1. The molecule has 2 aromatic rings. The van der Waals surface area contributed by atoms with Gasteiger partial charge in [0.2, 0.25) is 5.91 Å². The third kappa shape index (κ3) is 5.31. The normalized spacial score (nSPS) is 25.1. The average Bonchev–Trinajstić information content (AvgIpc) is 3.65. The highest BCUT2D eigenvalue weighted by atomic mass is 35.5. The van der Waals surface area contributed by atoms with E-state index >= 15 is 0 Å². The van der Waals surface area contributed by atoms with Gasteiger partial charge in [-0.2, -0.15) is 5.26 Å². The predicted molar refractivity (Wildman–Crippen MR) is 141 cm³/mol. The number of benzene rings is 2. The van der Waals surface area contributed by atoms with Gasteiger partial charge in [0.1, 0.15) is 5.82 Å². The fourth-order valence-corrected chi connectivity index (χ4v) is 6.60. The van der Waals surface area contributed by atoms with Crippen LogP contribution in [-0.2, 0) is 10.2 Å². The van der Waals surface area contributed by atoms with E-state index in [-0.39, 0.29) is 28.4 Å². The first kappa shape index (κ1) is 25.5. The second-order valence-electron chi connectivity index (χ2n) is 10.8. The van der Waals surface area contributed by atoms with Crippen molar-refractivity contribution in [3.63, 3.8) is 0 Å². The maximum Gasteiger partial charge on any atom is 0.322 e. The summed E-state index contributed by atoms with van der Waals surface area (Å²) in [6, 6.07) is 14.3. The number of halogens is 2. The number of hydrogen-bond donors (Lipinski definition) is 1. The molecule has 1 saturated heterocycles. The summed E-state index contributed by atoms with van der Waals surface area (Å²) in [5.74, 6) is 0.373. The topological polar surface area (TPSA) is 76.4 Å². The van der Waals surface area contributed by atoms with Gasteiger partial charge in [-0.25, -0.2) is 9.18 Å². The van der Waals surface area contributed by atoms with E-state index in [0.29, 0.717) is 42.7 Å². The van der Waals surface area contributed by atoms with Gasteiger partial charge in [0, 0.05) is 38.3 Å². The molecule has 3 aliphatic rings. The van der Waals surface area contributed by atoms with Crippen LogP contribution >= 0.6 is 11.6 Å². The number of nitrogens with one attached hydrogen (secondary N) is 1. The van der Waals surface area contributed by atoms with Crippen molar-refractivity contribution in [3.8, 4) is 6.07 Å². The zero-order chi connectivity index (χ0) is 26.2. The Bertz CT molecular complexity index is 1240. The number of fused-ring (bicyclic) bond motifs is 1. The number of urea groups is 1. The predicted octanol–water partition coefficient (Wildman–Crippen LogP) is 5.95. The van der Waals surface area contributed by atoms with E-state index in [9.17, 15) is 19.2 Å². The molecule has 3 fully saturated rings. The molecule has 0 aromatic heterocycles. The molecule has 0 spiro atoms. The first-order chi connectivity index (χ1) is 17.8. The van der Waals surface area contributed by atoms with E-state index in [0.717, 1.165) is 38.5 Å². The quantitative estimate of drug-likeness (QED) is 0.527. The zero-order valence-corrected chi connectivity index (χ0v) is 21.8. The lowest BCUT2D eigenvalue weighted by molar-refractivity contribution is -0.130. The Balaban J connectivity index is 1.31. The molecule has 0 radical (unpaired) electrons. The zero-order valence-electron chi connectivity index (χ0n) is 21.1. The largest absolute Gasteiger partial charge is 0.343 e. The molecular weight excluding hydrogens is 491 g/mol. The van der Waals surface area contributed by atoms with Crippen LogP contribution < -0.4 is 5.32 Å². The Morgan fingerprint density at radius 1 is 1.22 bits per heavy atom. The van der Waals surface area contributed by atoms with E-state index in [2.05, 4.69) is 17.5 Å². The molecule has 1 heterocycles. The van der Waals surface area contributed by atoms with Gasteiger partial charge in [-0.1, -0.05) is 23.7 Å². The van der Waals surface area contributed by atoms with E-state index in [1.54, 1.807) is 6.92 Å². The Hall–Kier alpha value is -3.11. The lowest BCUT2D eigenvalue weighted by Gasteiger charge is -2.40. The van der Waals surface area contributed by atoms with Crippen molar-refractivity contribution in [2.45, 2.75) is 56.9 Å². The number of hydrogen-bond acceptors (Lipinski definition) is 3. The number of piperidine rings is 1. The molecule has 8 heteroatoms. The molecular formula is C29H32ClFN4O2. The molecule has 2 aromatic carbocycles. The van der Waals surface area contributed by atoms with Gasteiger partial charge in [0.15, 0.2) is 0 Å². The van der Waals surface area contributed by atoms with E-state index in [1.165, 1.54) is 23.8 Å². The fourth-order valence-electron chi connectivity index (χ4n) is 6.42. The second-order valence-corrected chi connectivity index (χ2v) is 11.2. The highest BCUT2D eigenvalue weighted by Gasteiger charge is 2.58. The third-order valence-corrected chi connectivity index (χ3v) is 8.96. The SMILES string of the molecule is CC(=O)N1CCC(CN(C(=O)Nc2ccc(F)c(Cl)c2)[C@@H]2CC[C@]3(c4cccc(C#N)c4)CC3C2)CC1. The minimum absolute atomic E-state index is 0.0269. The summed E-state index contributed by atoms with van der Waals surface area (Å²) < 4.78 is 13.7. The highest BCUT2D eigenvalue weighted by Crippen LogP contribution is 2.63. The van der Waals surface area contributed by atoms with Gasteiger partial charge >= 0.3 is 6.03 Å². The summed E-state index contributed by atoms with van der Waals surface area (Å²) in [6.45, 7) is 3.66. The minimum atomic E-state index is -0.522. The van der Waals surface area contributed by atoms with Crippen molar-refractivity contribution >= 4 is 29.2 Å². The van der Waals surface area contributed by atoms with Gasteiger partial charge < -0.3 is 15.1 Å². The maximum atomic E-state index is 13.7. The van der Waals surface area contributed by atoms with Gasteiger partial charge in [0.05, 0.1) is 16.7 Å². The van der Waals surface area contributed by atoms with Crippen LogP contribution in [-0.4, -0.2) is 47.4 Å². The lowest BCUT2D eigenvalue weighted by Crippen LogP contribution is -2.49. The number of rotatable bonds is 5. The fraction of sp³-hybridized carbons (Fsp3) is 0.483. The summed E-state index contributed by atoms with van der Waals surface area (Å²) in [4.78, 5) is 29.2. The van der Waals surface area contributed by atoms with Crippen LogP contribution in [0.1, 0.15) is 56.6 Å². The van der Waals surface area contributed by atoms with Gasteiger partial charge in [-0.05, 0) is 91.7 Å². The summed E-state index contributed by atoms with van der Waals surface area (Å²) >= 11 is 5.95.